The van der Waals surface area contributed by atoms with Crippen molar-refractivity contribution in [1.29, 1.82) is 0 Å². The lowest BCUT2D eigenvalue weighted by atomic mass is 9.93. The van der Waals surface area contributed by atoms with E-state index < -0.39 is 5.54 Å². The van der Waals surface area contributed by atoms with Gasteiger partial charge >= 0.3 is 6.09 Å². The van der Waals surface area contributed by atoms with Crippen LogP contribution in [0.15, 0.2) is 24.3 Å². The van der Waals surface area contributed by atoms with Crippen LogP contribution in [0.5, 0.6) is 0 Å². The molecule has 2 rings (SSSR count). The summed E-state index contributed by atoms with van der Waals surface area (Å²) in [5, 5.41) is 2.76. The zero-order chi connectivity index (χ0) is 10.2. The molecule has 1 aliphatic rings. The number of rotatable bonds is 1. The lowest BCUT2D eigenvalue weighted by molar-refractivity contribution is 0.173. The first kappa shape index (κ1) is 8.87. The topological polar surface area (TPSA) is 64.3 Å². The van der Waals surface area contributed by atoms with Gasteiger partial charge in [-0.15, -0.1) is 0 Å². The Morgan fingerprint density at radius 3 is 2.93 bits per heavy atom. The van der Waals surface area contributed by atoms with Gasteiger partial charge in [-0.2, -0.15) is 0 Å². The molecule has 14 heavy (non-hydrogen) atoms. The van der Waals surface area contributed by atoms with E-state index in [-0.39, 0.29) is 6.09 Å². The number of nitrogens with two attached hydrogens (primary N) is 1. The van der Waals surface area contributed by atoms with Gasteiger partial charge in [0.05, 0.1) is 5.54 Å². The van der Waals surface area contributed by atoms with E-state index in [1.807, 2.05) is 31.2 Å². The second-order valence-corrected chi connectivity index (χ2v) is 3.66. The van der Waals surface area contributed by atoms with Gasteiger partial charge in [0.15, 0.2) is 0 Å². The number of hydrogen-bond donors (Lipinski definition) is 2. The monoisotopic (exact) mass is 192 g/mol. The van der Waals surface area contributed by atoms with E-state index in [0.717, 1.165) is 5.56 Å². The lowest BCUT2D eigenvalue weighted by Crippen LogP contribution is -2.37. The Balaban J connectivity index is 2.34. The number of amides is 1. The minimum Gasteiger partial charge on any atom is -0.447 e. The quantitative estimate of drug-likeness (QED) is 0.657. The number of carbonyl (C=O) groups excluding carboxylic acids is 1. The molecular weight excluding hydrogens is 180 g/mol. The van der Waals surface area contributed by atoms with Crippen LogP contribution in [0.25, 0.3) is 0 Å². The van der Waals surface area contributed by atoms with Crippen LogP contribution in [0.1, 0.15) is 12.5 Å². The van der Waals surface area contributed by atoms with E-state index in [1.165, 1.54) is 0 Å². The van der Waals surface area contributed by atoms with Crippen LogP contribution in [0.4, 0.5) is 10.5 Å². The maximum absolute atomic E-state index is 11.0. The predicted molar refractivity (Wildman–Crippen MR) is 52.7 cm³/mol. The van der Waals surface area contributed by atoms with Crippen molar-refractivity contribution >= 4 is 11.8 Å². The molecule has 4 nitrogen and oxygen atoms in total. The SMILES string of the molecule is CC1(c2cccc(N)c2)COC(=O)N1. The molecular formula is C10H12N2O2. The second kappa shape index (κ2) is 2.90. The molecule has 1 aromatic carbocycles. The molecule has 74 valence electrons. The number of cyclic esters (lactones) is 1. The van der Waals surface area contributed by atoms with Gasteiger partial charge in [-0.1, -0.05) is 12.1 Å². The predicted octanol–water partition coefficient (Wildman–Crippen LogP) is 1.22. The van der Waals surface area contributed by atoms with Crippen LogP contribution < -0.4 is 11.1 Å². The minimum atomic E-state index is -0.452. The molecule has 1 unspecified atom stereocenters. The fraction of sp³-hybridized carbons (Fsp3) is 0.300. The summed E-state index contributed by atoms with van der Waals surface area (Å²) in [5.74, 6) is 0. The fourth-order valence-electron chi connectivity index (χ4n) is 1.54. The number of ether oxygens (including phenoxy) is 1. The molecule has 0 radical (unpaired) electrons. The first-order chi connectivity index (χ1) is 6.60. The summed E-state index contributed by atoms with van der Waals surface area (Å²) in [6.07, 6.45) is -0.380. The smallest absolute Gasteiger partial charge is 0.408 e. The van der Waals surface area contributed by atoms with Crippen LogP contribution >= 0.6 is 0 Å². The van der Waals surface area contributed by atoms with Gasteiger partial charge in [0.1, 0.15) is 6.61 Å². The lowest BCUT2D eigenvalue weighted by Gasteiger charge is -2.21. The number of carbonyl (C=O) groups is 1. The fourth-order valence-corrected chi connectivity index (χ4v) is 1.54. The van der Waals surface area contributed by atoms with E-state index in [0.29, 0.717) is 12.3 Å². The molecule has 1 fully saturated rings. The van der Waals surface area contributed by atoms with Crippen LogP contribution in [-0.2, 0) is 10.3 Å². The third-order valence-corrected chi connectivity index (χ3v) is 2.39. The van der Waals surface area contributed by atoms with Gasteiger partial charge in [0.2, 0.25) is 0 Å². The van der Waals surface area contributed by atoms with Gasteiger partial charge in [-0.05, 0) is 24.6 Å². The van der Waals surface area contributed by atoms with Crippen molar-refractivity contribution in [2.24, 2.45) is 0 Å². The summed E-state index contributed by atoms with van der Waals surface area (Å²) < 4.78 is 4.87. The van der Waals surface area contributed by atoms with E-state index >= 15 is 0 Å². The summed E-state index contributed by atoms with van der Waals surface area (Å²) >= 11 is 0. The normalized spacial score (nSPS) is 25.6. The zero-order valence-corrected chi connectivity index (χ0v) is 7.91. The summed E-state index contributed by atoms with van der Waals surface area (Å²) in [6.45, 7) is 2.25. The van der Waals surface area contributed by atoms with Crippen molar-refractivity contribution in [2.75, 3.05) is 12.3 Å². The Morgan fingerprint density at radius 1 is 1.57 bits per heavy atom. The Hall–Kier alpha value is -1.71. The van der Waals surface area contributed by atoms with Crippen LogP contribution in [0, 0.1) is 0 Å². The first-order valence-corrected chi connectivity index (χ1v) is 4.41. The van der Waals surface area contributed by atoms with Gasteiger partial charge in [0.25, 0.3) is 0 Å². The largest absolute Gasteiger partial charge is 0.447 e. The number of benzene rings is 1. The summed E-state index contributed by atoms with van der Waals surface area (Å²) in [5.41, 5.74) is 6.86. The molecule has 1 atom stereocenters. The third-order valence-electron chi connectivity index (χ3n) is 2.39. The number of alkyl carbamates (subject to hydrolysis) is 1. The Labute approximate surface area is 82.1 Å². The number of nitrogens with one attached hydrogen (secondary N) is 1. The van der Waals surface area contributed by atoms with Gasteiger partial charge in [0, 0.05) is 5.69 Å². The summed E-state index contributed by atoms with van der Waals surface area (Å²) in [4.78, 5) is 11.0. The first-order valence-electron chi connectivity index (χ1n) is 4.41. The molecule has 0 aliphatic carbocycles. The number of nitrogen functional groups attached to an aromatic ring is 1. The van der Waals surface area contributed by atoms with Crippen LogP contribution in [-0.4, -0.2) is 12.7 Å². The molecule has 0 aromatic heterocycles. The molecule has 0 saturated carbocycles. The molecule has 4 heteroatoms. The van der Waals surface area contributed by atoms with E-state index in [2.05, 4.69) is 5.32 Å². The van der Waals surface area contributed by atoms with Crippen LogP contribution in [0.2, 0.25) is 0 Å². The maximum Gasteiger partial charge on any atom is 0.408 e. The minimum absolute atomic E-state index is 0.343. The van der Waals surface area contributed by atoms with E-state index in [9.17, 15) is 4.79 Å². The van der Waals surface area contributed by atoms with Crippen molar-refractivity contribution < 1.29 is 9.53 Å². The molecule has 1 aliphatic heterocycles. The Bertz CT molecular complexity index is 378. The highest BCUT2D eigenvalue weighted by atomic mass is 16.6. The summed E-state index contributed by atoms with van der Waals surface area (Å²) in [6, 6.07) is 7.44. The molecule has 1 saturated heterocycles. The van der Waals surface area contributed by atoms with Crippen molar-refractivity contribution in [3.05, 3.63) is 29.8 Å². The molecule has 0 bridgehead atoms. The average molecular weight is 192 g/mol. The van der Waals surface area contributed by atoms with Crippen molar-refractivity contribution in [3.8, 4) is 0 Å². The molecule has 3 N–H and O–H groups in total. The van der Waals surface area contributed by atoms with E-state index in [4.69, 9.17) is 10.5 Å². The molecule has 1 aromatic rings. The number of anilines is 1. The maximum atomic E-state index is 11.0. The zero-order valence-electron chi connectivity index (χ0n) is 7.91. The molecule has 1 heterocycles. The average Bonchev–Trinajstić information content (AvgIpc) is 2.48. The van der Waals surface area contributed by atoms with E-state index in [1.54, 1.807) is 0 Å². The van der Waals surface area contributed by atoms with Crippen molar-refractivity contribution in [3.63, 3.8) is 0 Å². The standard InChI is InChI=1S/C10H12N2O2/c1-10(6-14-9(13)12-10)7-3-2-4-8(11)5-7/h2-5H,6,11H2,1H3,(H,12,13). The summed E-state index contributed by atoms with van der Waals surface area (Å²) in [7, 11) is 0. The molecule has 0 spiro atoms. The van der Waals surface area contributed by atoms with Gasteiger partial charge < -0.3 is 15.8 Å². The van der Waals surface area contributed by atoms with Crippen molar-refractivity contribution in [1.82, 2.24) is 5.32 Å². The van der Waals surface area contributed by atoms with Gasteiger partial charge in [-0.25, -0.2) is 4.79 Å². The van der Waals surface area contributed by atoms with Crippen molar-refractivity contribution in [2.45, 2.75) is 12.5 Å². The highest BCUT2D eigenvalue weighted by Crippen LogP contribution is 2.26. The number of hydrogen-bond acceptors (Lipinski definition) is 3. The highest BCUT2D eigenvalue weighted by molar-refractivity contribution is 5.71. The highest BCUT2D eigenvalue weighted by Gasteiger charge is 2.36. The Morgan fingerprint density at radius 2 is 2.36 bits per heavy atom. The molecule has 1 amide bonds. The van der Waals surface area contributed by atoms with Gasteiger partial charge in [-0.3, -0.25) is 0 Å². The Kier molecular flexibility index (Phi) is 1.84. The van der Waals surface area contributed by atoms with Crippen LogP contribution in [0.3, 0.4) is 0 Å². The second-order valence-electron chi connectivity index (χ2n) is 3.66. The third kappa shape index (κ3) is 1.39.